The molecule has 0 heterocycles. The van der Waals surface area contributed by atoms with Crippen LogP contribution in [0.15, 0.2) is 78.9 Å². The number of carbonyl (C=O) groups is 1. The van der Waals surface area contributed by atoms with Crippen LogP contribution in [0.25, 0.3) is 0 Å². The number of para-hydroxylation sites is 1. The third kappa shape index (κ3) is 4.90. The Balaban J connectivity index is 1.73. The van der Waals surface area contributed by atoms with Gasteiger partial charge in [0.15, 0.2) is 0 Å². The lowest BCUT2D eigenvalue weighted by Crippen LogP contribution is -2.16. The SMILES string of the molecule is Cc1ccccc1NC(=O)CS[C@@H](c1ccccc1)c1ccc(Cl)cc1. The van der Waals surface area contributed by atoms with Gasteiger partial charge < -0.3 is 5.32 Å². The third-order valence-electron chi connectivity index (χ3n) is 4.08. The van der Waals surface area contributed by atoms with E-state index < -0.39 is 0 Å². The highest BCUT2D eigenvalue weighted by Crippen LogP contribution is 2.36. The van der Waals surface area contributed by atoms with Crippen molar-refractivity contribution in [3.63, 3.8) is 0 Å². The van der Waals surface area contributed by atoms with E-state index >= 15 is 0 Å². The molecule has 4 heteroatoms. The van der Waals surface area contributed by atoms with E-state index in [1.165, 1.54) is 5.56 Å². The molecule has 0 spiro atoms. The van der Waals surface area contributed by atoms with Gasteiger partial charge in [-0.15, -0.1) is 11.8 Å². The second-order valence-electron chi connectivity index (χ2n) is 6.02. The summed E-state index contributed by atoms with van der Waals surface area (Å²) >= 11 is 7.64. The maximum atomic E-state index is 12.4. The molecule has 0 aliphatic carbocycles. The number of hydrogen-bond donors (Lipinski definition) is 1. The second kappa shape index (κ2) is 8.93. The molecule has 26 heavy (non-hydrogen) atoms. The van der Waals surface area contributed by atoms with E-state index in [4.69, 9.17) is 11.6 Å². The maximum Gasteiger partial charge on any atom is 0.234 e. The lowest BCUT2D eigenvalue weighted by Gasteiger charge is -2.18. The van der Waals surface area contributed by atoms with Crippen LogP contribution in [0.4, 0.5) is 5.69 Å². The number of carbonyl (C=O) groups excluding carboxylic acids is 1. The standard InChI is InChI=1S/C22H20ClNOS/c1-16-7-5-6-10-20(16)24-21(25)15-26-22(17-8-3-2-4-9-17)18-11-13-19(23)14-12-18/h2-14,22H,15H2,1H3,(H,24,25)/t22-/m0/s1. The predicted octanol–water partition coefficient (Wildman–Crippen LogP) is 6.11. The van der Waals surface area contributed by atoms with Crippen molar-refractivity contribution in [1.29, 1.82) is 0 Å². The average molecular weight is 382 g/mol. The van der Waals surface area contributed by atoms with Gasteiger partial charge in [0.1, 0.15) is 0 Å². The number of anilines is 1. The van der Waals surface area contributed by atoms with E-state index in [0.717, 1.165) is 16.8 Å². The van der Waals surface area contributed by atoms with Crippen LogP contribution in [-0.4, -0.2) is 11.7 Å². The lowest BCUT2D eigenvalue weighted by molar-refractivity contribution is -0.113. The summed E-state index contributed by atoms with van der Waals surface area (Å²) in [6, 6.07) is 25.8. The van der Waals surface area contributed by atoms with Crippen LogP contribution < -0.4 is 5.32 Å². The van der Waals surface area contributed by atoms with Crippen molar-refractivity contribution >= 4 is 35.0 Å². The summed E-state index contributed by atoms with van der Waals surface area (Å²) in [6.45, 7) is 1.99. The number of nitrogens with one attached hydrogen (secondary N) is 1. The molecule has 0 bridgehead atoms. The molecule has 3 rings (SSSR count). The van der Waals surface area contributed by atoms with Gasteiger partial charge in [-0.1, -0.05) is 72.3 Å². The van der Waals surface area contributed by atoms with Crippen molar-refractivity contribution in [3.05, 3.63) is 101 Å². The van der Waals surface area contributed by atoms with Gasteiger partial charge in [-0.25, -0.2) is 0 Å². The number of hydrogen-bond acceptors (Lipinski definition) is 2. The summed E-state index contributed by atoms with van der Waals surface area (Å²) in [5, 5.41) is 3.79. The fourth-order valence-corrected chi connectivity index (χ4v) is 3.92. The zero-order valence-corrected chi connectivity index (χ0v) is 16.1. The molecule has 3 aromatic rings. The van der Waals surface area contributed by atoms with Crippen LogP contribution in [0.2, 0.25) is 5.02 Å². The molecule has 0 radical (unpaired) electrons. The number of amides is 1. The van der Waals surface area contributed by atoms with Crippen molar-refractivity contribution in [3.8, 4) is 0 Å². The molecule has 1 amide bonds. The Morgan fingerprint density at radius 1 is 0.923 bits per heavy atom. The average Bonchev–Trinajstić information content (AvgIpc) is 2.66. The van der Waals surface area contributed by atoms with E-state index in [1.807, 2.05) is 73.7 Å². The number of rotatable bonds is 6. The van der Waals surface area contributed by atoms with Crippen LogP contribution >= 0.6 is 23.4 Å². The van der Waals surface area contributed by atoms with E-state index in [2.05, 4.69) is 17.4 Å². The van der Waals surface area contributed by atoms with Gasteiger partial charge in [0.2, 0.25) is 5.91 Å². The van der Waals surface area contributed by atoms with Gasteiger partial charge in [-0.3, -0.25) is 4.79 Å². The normalized spacial score (nSPS) is 11.8. The Morgan fingerprint density at radius 2 is 1.54 bits per heavy atom. The molecule has 1 atom stereocenters. The van der Waals surface area contributed by atoms with Gasteiger partial charge >= 0.3 is 0 Å². The minimum atomic E-state index is -0.000746. The number of thioether (sulfide) groups is 1. The fraction of sp³-hybridized carbons (Fsp3) is 0.136. The van der Waals surface area contributed by atoms with Crippen molar-refractivity contribution < 1.29 is 4.79 Å². The number of halogens is 1. The first kappa shape index (κ1) is 18.6. The first-order valence-electron chi connectivity index (χ1n) is 8.41. The van der Waals surface area contributed by atoms with E-state index in [0.29, 0.717) is 10.8 Å². The zero-order valence-electron chi connectivity index (χ0n) is 14.5. The summed E-state index contributed by atoms with van der Waals surface area (Å²) in [5.41, 5.74) is 4.22. The highest BCUT2D eigenvalue weighted by Gasteiger charge is 2.16. The Labute approximate surface area is 163 Å². The summed E-state index contributed by atoms with van der Waals surface area (Å²) in [7, 11) is 0. The zero-order chi connectivity index (χ0) is 18.4. The van der Waals surface area contributed by atoms with Crippen LogP contribution in [0.3, 0.4) is 0 Å². The molecule has 132 valence electrons. The summed E-state index contributed by atoms with van der Waals surface area (Å²) in [5.74, 6) is 0.371. The van der Waals surface area contributed by atoms with Crippen molar-refractivity contribution in [2.75, 3.05) is 11.1 Å². The quantitative estimate of drug-likeness (QED) is 0.558. The molecule has 0 fully saturated rings. The smallest absolute Gasteiger partial charge is 0.234 e. The number of benzene rings is 3. The van der Waals surface area contributed by atoms with E-state index in [9.17, 15) is 4.79 Å². The molecule has 0 aromatic heterocycles. The highest BCUT2D eigenvalue weighted by molar-refractivity contribution is 8.00. The first-order valence-corrected chi connectivity index (χ1v) is 9.83. The van der Waals surface area contributed by atoms with Gasteiger partial charge in [0.05, 0.1) is 11.0 Å². The highest BCUT2D eigenvalue weighted by atomic mass is 35.5. The molecular weight excluding hydrogens is 362 g/mol. The molecule has 3 aromatic carbocycles. The van der Waals surface area contributed by atoms with E-state index in [1.54, 1.807) is 11.8 Å². The van der Waals surface area contributed by atoms with E-state index in [-0.39, 0.29) is 11.2 Å². The molecule has 0 aliphatic heterocycles. The fourth-order valence-electron chi connectivity index (χ4n) is 2.71. The molecule has 0 saturated heterocycles. The van der Waals surface area contributed by atoms with Crippen LogP contribution in [-0.2, 0) is 4.79 Å². The summed E-state index contributed by atoms with van der Waals surface area (Å²) in [6.07, 6.45) is 0. The molecular formula is C22H20ClNOS. The van der Waals surface area contributed by atoms with Crippen molar-refractivity contribution in [1.82, 2.24) is 0 Å². The van der Waals surface area contributed by atoms with Gasteiger partial charge in [-0.05, 0) is 41.8 Å². The topological polar surface area (TPSA) is 29.1 Å². The number of aryl methyl sites for hydroxylation is 1. The summed E-state index contributed by atoms with van der Waals surface area (Å²) < 4.78 is 0. The minimum absolute atomic E-state index is 0.000746. The molecule has 1 N–H and O–H groups in total. The Hall–Kier alpha value is -2.23. The summed E-state index contributed by atoms with van der Waals surface area (Å²) in [4.78, 5) is 12.4. The molecule has 0 saturated carbocycles. The Kier molecular flexibility index (Phi) is 6.37. The van der Waals surface area contributed by atoms with Crippen LogP contribution in [0.5, 0.6) is 0 Å². The van der Waals surface area contributed by atoms with Crippen LogP contribution in [0, 0.1) is 6.92 Å². The van der Waals surface area contributed by atoms with Crippen molar-refractivity contribution in [2.24, 2.45) is 0 Å². The van der Waals surface area contributed by atoms with Gasteiger partial charge in [0, 0.05) is 10.7 Å². The lowest BCUT2D eigenvalue weighted by atomic mass is 10.0. The predicted molar refractivity (Wildman–Crippen MR) is 112 cm³/mol. The van der Waals surface area contributed by atoms with Crippen LogP contribution in [0.1, 0.15) is 21.9 Å². The molecule has 0 aliphatic rings. The monoisotopic (exact) mass is 381 g/mol. The van der Waals surface area contributed by atoms with Crippen molar-refractivity contribution in [2.45, 2.75) is 12.2 Å². The molecule has 0 unspecified atom stereocenters. The maximum absolute atomic E-state index is 12.4. The minimum Gasteiger partial charge on any atom is -0.325 e. The second-order valence-corrected chi connectivity index (χ2v) is 7.55. The largest absolute Gasteiger partial charge is 0.325 e. The Bertz CT molecular complexity index is 865. The third-order valence-corrected chi connectivity index (χ3v) is 5.63. The van der Waals surface area contributed by atoms with Gasteiger partial charge in [-0.2, -0.15) is 0 Å². The van der Waals surface area contributed by atoms with Gasteiger partial charge in [0.25, 0.3) is 0 Å². The first-order chi connectivity index (χ1) is 12.6. The molecule has 2 nitrogen and oxygen atoms in total. The Morgan fingerprint density at radius 3 is 2.23 bits per heavy atom.